The molecule has 1 nitrogen and oxygen atoms in total. The Hall–Kier alpha value is -1.87. The van der Waals surface area contributed by atoms with E-state index in [4.69, 9.17) is 28.2 Å². The third-order valence-corrected chi connectivity index (χ3v) is 7.88. The van der Waals surface area contributed by atoms with Gasteiger partial charge in [0.15, 0.2) is 0 Å². The number of aromatic nitrogens is 1. The average molecular weight is 452 g/mol. The van der Waals surface area contributed by atoms with Crippen molar-refractivity contribution in [1.82, 2.24) is 4.98 Å². The van der Waals surface area contributed by atoms with Crippen molar-refractivity contribution in [2.24, 2.45) is 5.92 Å². The lowest BCUT2D eigenvalue weighted by molar-refractivity contribution is 0.509. The van der Waals surface area contributed by atoms with E-state index in [0.717, 1.165) is 34.8 Å². The van der Waals surface area contributed by atoms with Gasteiger partial charge in [0.1, 0.15) is 4.83 Å². The molecule has 4 heteroatoms. The summed E-state index contributed by atoms with van der Waals surface area (Å²) in [7, 11) is 0. The van der Waals surface area contributed by atoms with Crippen molar-refractivity contribution in [2.45, 2.75) is 40.0 Å². The topological polar surface area (TPSA) is 12.9 Å². The summed E-state index contributed by atoms with van der Waals surface area (Å²) in [6.45, 7) is 6.69. The fourth-order valence-corrected chi connectivity index (χ4v) is 6.56. The third kappa shape index (κ3) is 3.36. The first-order valence-electron chi connectivity index (χ1n) is 10.4. The van der Waals surface area contributed by atoms with Gasteiger partial charge in [0.25, 0.3) is 0 Å². The summed E-state index contributed by atoms with van der Waals surface area (Å²) in [5.41, 5.74) is 8.40. The van der Waals surface area contributed by atoms with E-state index in [1.54, 1.807) is 6.07 Å². The number of rotatable bonds is 2. The summed E-state index contributed by atoms with van der Waals surface area (Å²) in [5, 5.41) is 2.63. The second kappa shape index (κ2) is 7.67. The van der Waals surface area contributed by atoms with Gasteiger partial charge in [-0.15, -0.1) is 11.3 Å². The zero-order valence-electron chi connectivity index (χ0n) is 17.4. The van der Waals surface area contributed by atoms with Gasteiger partial charge in [0.05, 0.1) is 10.7 Å². The molecule has 1 aliphatic rings. The number of aryl methyl sites for hydroxylation is 2. The van der Waals surface area contributed by atoms with Crippen molar-refractivity contribution in [3.8, 4) is 22.4 Å². The highest BCUT2D eigenvalue weighted by Crippen LogP contribution is 2.46. The van der Waals surface area contributed by atoms with Gasteiger partial charge in [-0.2, -0.15) is 0 Å². The molecule has 1 atom stereocenters. The van der Waals surface area contributed by atoms with Crippen LogP contribution in [0.15, 0.2) is 42.5 Å². The number of pyridine rings is 1. The molecule has 4 aromatic rings. The summed E-state index contributed by atoms with van der Waals surface area (Å²) in [6, 6.07) is 14.5. The minimum absolute atomic E-state index is 0.641. The third-order valence-electron chi connectivity index (χ3n) is 6.18. The number of hydrogen-bond acceptors (Lipinski definition) is 2. The van der Waals surface area contributed by atoms with E-state index in [2.05, 4.69) is 45.0 Å². The van der Waals surface area contributed by atoms with E-state index < -0.39 is 0 Å². The smallest absolute Gasteiger partial charge is 0.125 e. The maximum absolute atomic E-state index is 6.61. The first-order chi connectivity index (χ1) is 14.4. The van der Waals surface area contributed by atoms with Crippen molar-refractivity contribution in [2.75, 3.05) is 0 Å². The zero-order chi connectivity index (χ0) is 21.0. The van der Waals surface area contributed by atoms with Crippen LogP contribution >= 0.6 is 34.5 Å². The van der Waals surface area contributed by atoms with Crippen LogP contribution in [-0.4, -0.2) is 4.98 Å². The first-order valence-corrected chi connectivity index (χ1v) is 12.0. The number of nitrogens with zero attached hydrogens (tertiary/aromatic N) is 1. The van der Waals surface area contributed by atoms with Crippen molar-refractivity contribution in [3.05, 3.63) is 74.1 Å². The Morgan fingerprint density at radius 2 is 1.90 bits per heavy atom. The van der Waals surface area contributed by atoms with Crippen molar-refractivity contribution < 1.29 is 0 Å². The molecule has 30 heavy (non-hydrogen) atoms. The van der Waals surface area contributed by atoms with E-state index in [-0.39, 0.29) is 0 Å². The van der Waals surface area contributed by atoms with Crippen molar-refractivity contribution in [3.63, 3.8) is 0 Å². The van der Waals surface area contributed by atoms with E-state index in [9.17, 15) is 0 Å². The Morgan fingerprint density at radius 1 is 1.07 bits per heavy atom. The number of fused-ring (bicyclic) bond motifs is 3. The molecule has 0 saturated carbocycles. The molecule has 1 unspecified atom stereocenters. The Labute approximate surface area is 191 Å². The molecule has 0 amide bonds. The fraction of sp³-hybridized carbons (Fsp3) is 0.269. The molecule has 2 heterocycles. The van der Waals surface area contributed by atoms with Crippen LogP contribution in [0, 0.1) is 19.8 Å². The molecule has 2 aromatic carbocycles. The largest absolute Gasteiger partial charge is 0.237 e. The lowest BCUT2D eigenvalue weighted by Crippen LogP contribution is -2.08. The molecule has 0 saturated heterocycles. The van der Waals surface area contributed by atoms with Crippen LogP contribution in [0.3, 0.4) is 0 Å². The van der Waals surface area contributed by atoms with E-state index in [1.807, 2.05) is 23.5 Å². The molecule has 152 valence electrons. The molecule has 0 fully saturated rings. The van der Waals surface area contributed by atoms with Crippen LogP contribution in [0.4, 0.5) is 0 Å². The van der Waals surface area contributed by atoms with Gasteiger partial charge in [0.2, 0.25) is 0 Å². The molecule has 1 aliphatic carbocycles. The fourth-order valence-electron chi connectivity index (χ4n) is 4.67. The Kier molecular flexibility index (Phi) is 5.13. The van der Waals surface area contributed by atoms with Crippen LogP contribution in [0.1, 0.15) is 34.9 Å². The molecular weight excluding hydrogens is 429 g/mol. The van der Waals surface area contributed by atoms with Crippen LogP contribution in [-0.2, 0) is 12.8 Å². The predicted molar refractivity (Wildman–Crippen MR) is 131 cm³/mol. The second-order valence-corrected chi connectivity index (χ2v) is 10.4. The molecule has 0 spiro atoms. The zero-order valence-corrected chi connectivity index (χ0v) is 19.7. The highest BCUT2D eigenvalue weighted by molar-refractivity contribution is 7.19. The molecule has 2 aromatic heterocycles. The monoisotopic (exact) mass is 451 g/mol. The van der Waals surface area contributed by atoms with Gasteiger partial charge < -0.3 is 0 Å². The minimum atomic E-state index is 0.641. The van der Waals surface area contributed by atoms with E-state index >= 15 is 0 Å². The van der Waals surface area contributed by atoms with E-state index in [0.29, 0.717) is 10.0 Å². The van der Waals surface area contributed by atoms with Gasteiger partial charge in [-0.1, -0.05) is 60.0 Å². The number of benzene rings is 2. The summed E-state index contributed by atoms with van der Waals surface area (Å²) in [5.74, 6) is 0.735. The van der Waals surface area contributed by atoms with Crippen LogP contribution < -0.4 is 0 Å². The second-order valence-electron chi connectivity index (χ2n) is 8.49. The Balaban J connectivity index is 1.87. The minimum Gasteiger partial charge on any atom is -0.237 e. The van der Waals surface area contributed by atoms with Gasteiger partial charge in [-0.25, -0.2) is 4.98 Å². The molecule has 0 radical (unpaired) electrons. The SMILES string of the molecule is Cc1cccc(-c2c(C)c(-c3ccc(Cl)cc3Cl)nc3sc4c(c23)CCC(C)C4)c1. The Bertz CT molecular complexity index is 1290. The number of thiophene rings is 1. The summed E-state index contributed by atoms with van der Waals surface area (Å²) in [4.78, 5) is 7.79. The lowest BCUT2D eigenvalue weighted by atomic mass is 9.85. The summed E-state index contributed by atoms with van der Waals surface area (Å²) >= 11 is 14.6. The van der Waals surface area contributed by atoms with Crippen molar-refractivity contribution in [1.29, 1.82) is 0 Å². The number of halogens is 2. The highest BCUT2D eigenvalue weighted by Gasteiger charge is 2.26. The quantitative estimate of drug-likeness (QED) is 0.296. The maximum atomic E-state index is 6.61. The lowest BCUT2D eigenvalue weighted by Gasteiger charge is -2.20. The van der Waals surface area contributed by atoms with E-state index in [1.165, 1.54) is 44.5 Å². The Morgan fingerprint density at radius 3 is 2.67 bits per heavy atom. The molecule has 5 rings (SSSR count). The summed E-state index contributed by atoms with van der Waals surface area (Å²) in [6.07, 6.45) is 3.53. The van der Waals surface area contributed by atoms with Crippen molar-refractivity contribution >= 4 is 44.8 Å². The highest BCUT2D eigenvalue weighted by atomic mass is 35.5. The molecule has 0 bridgehead atoms. The molecular formula is C26H23Cl2NS. The van der Waals surface area contributed by atoms with Gasteiger partial charge in [0, 0.05) is 20.8 Å². The van der Waals surface area contributed by atoms with Crippen LogP contribution in [0.5, 0.6) is 0 Å². The van der Waals surface area contributed by atoms with Gasteiger partial charge in [-0.3, -0.25) is 0 Å². The normalized spacial score (nSPS) is 16.1. The summed E-state index contributed by atoms with van der Waals surface area (Å²) < 4.78 is 0. The molecule has 0 aliphatic heterocycles. The van der Waals surface area contributed by atoms with Gasteiger partial charge >= 0.3 is 0 Å². The first kappa shape index (κ1) is 20.1. The maximum Gasteiger partial charge on any atom is 0.125 e. The van der Waals surface area contributed by atoms with Crippen LogP contribution in [0.2, 0.25) is 10.0 Å². The standard InChI is InChI=1S/C26H23Cl2NS/c1-14-5-4-6-17(11-14)23-16(3)25(19-10-8-18(27)13-21(19)28)29-26-24(23)20-9-7-15(2)12-22(20)30-26/h4-6,8,10-11,13,15H,7,9,12H2,1-3H3. The van der Waals surface area contributed by atoms with Crippen LogP contribution in [0.25, 0.3) is 32.6 Å². The van der Waals surface area contributed by atoms with Gasteiger partial charge in [-0.05, 0) is 79.5 Å². The average Bonchev–Trinajstić information content (AvgIpc) is 3.05. The predicted octanol–water partition coefficient (Wildman–Crippen LogP) is 8.68. The number of hydrogen-bond donors (Lipinski definition) is 0. The molecule has 0 N–H and O–H groups in total.